The molecule has 1 aliphatic carbocycles. The number of nitrogens with one attached hydrogen (secondary N) is 1. The number of amides is 1. The first-order chi connectivity index (χ1) is 11.6. The second-order valence-corrected chi connectivity index (χ2v) is 13.0. The van der Waals surface area contributed by atoms with E-state index in [1.807, 2.05) is 6.92 Å². The minimum absolute atomic E-state index is 0.0195. The molecule has 2 rings (SSSR count). The molecular formula is C18H31N3O3Si. The highest BCUT2D eigenvalue weighted by atomic mass is 28.4. The summed E-state index contributed by atoms with van der Waals surface area (Å²) in [5.74, 6) is 0.213. The lowest BCUT2D eigenvalue weighted by molar-refractivity contribution is -0.128. The van der Waals surface area contributed by atoms with Crippen molar-refractivity contribution in [2.45, 2.75) is 77.3 Å². The van der Waals surface area contributed by atoms with Gasteiger partial charge in [-0.05, 0) is 44.3 Å². The zero-order chi connectivity index (χ0) is 18.7. The van der Waals surface area contributed by atoms with E-state index in [0.29, 0.717) is 5.82 Å². The van der Waals surface area contributed by atoms with Crippen molar-refractivity contribution in [3.63, 3.8) is 0 Å². The molecule has 1 heterocycles. The second-order valence-electron chi connectivity index (χ2n) is 8.29. The zero-order valence-electron chi connectivity index (χ0n) is 16.3. The second kappa shape index (κ2) is 7.93. The predicted octanol–water partition coefficient (Wildman–Crippen LogP) is 3.68. The van der Waals surface area contributed by atoms with E-state index in [1.54, 1.807) is 12.4 Å². The third kappa shape index (κ3) is 5.59. The van der Waals surface area contributed by atoms with Crippen LogP contribution in [0.5, 0.6) is 0 Å². The predicted molar refractivity (Wildman–Crippen MR) is 101 cm³/mol. The first-order valence-electron chi connectivity index (χ1n) is 8.97. The van der Waals surface area contributed by atoms with Crippen LogP contribution in [0.3, 0.4) is 0 Å². The van der Waals surface area contributed by atoms with Crippen molar-refractivity contribution in [1.82, 2.24) is 9.97 Å². The lowest BCUT2D eigenvalue weighted by Crippen LogP contribution is -2.49. The summed E-state index contributed by atoms with van der Waals surface area (Å²) >= 11 is 0. The van der Waals surface area contributed by atoms with Crippen molar-refractivity contribution in [2.75, 3.05) is 11.9 Å². The van der Waals surface area contributed by atoms with Gasteiger partial charge in [-0.3, -0.25) is 9.78 Å². The minimum Gasteiger partial charge on any atom is -0.403 e. The van der Waals surface area contributed by atoms with E-state index >= 15 is 0 Å². The van der Waals surface area contributed by atoms with Gasteiger partial charge in [0, 0.05) is 0 Å². The smallest absolute Gasteiger partial charge is 0.255 e. The number of ether oxygens (including phenoxy) is 1. The van der Waals surface area contributed by atoms with Gasteiger partial charge in [-0.2, -0.15) is 0 Å². The Labute approximate surface area is 151 Å². The number of aryl methyl sites for hydroxylation is 1. The average Bonchev–Trinajstić information content (AvgIpc) is 2.45. The molecule has 1 aromatic heterocycles. The van der Waals surface area contributed by atoms with Crippen LogP contribution < -0.4 is 5.32 Å². The molecule has 1 saturated carbocycles. The van der Waals surface area contributed by atoms with Gasteiger partial charge in [0.1, 0.15) is 6.10 Å². The van der Waals surface area contributed by atoms with Crippen LogP contribution >= 0.6 is 0 Å². The minimum atomic E-state index is -2.10. The van der Waals surface area contributed by atoms with Gasteiger partial charge in [0.15, 0.2) is 14.1 Å². The topological polar surface area (TPSA) is 73.3 Å². The molecule has 1 N–H and O–H groups in total. The molecule has 0 bridgehead atoms. The van der Waals surface area contributed by atoms with Gasteiger partial charge in [-0.25, -0.2) is 4.98 Å². The number of carbonyl (C=O) groups is 1. The Hall–Kier alpha value is -1.31. The molecule has 25 heavy (non-hydrogen) atoms. The van der Waals surface area contributed by atoms with E-state index in [-0.39, 0.29) is 23.7 Å². The Morgan fingerprint density at radius 1 is 1.32 bits per heavy atom. The van der Waals surface area contributed by atoms with E-state index in [2.05, 4.69) is 49.1 Å². The number of aromatic nitrogens is 2. The van der Waals surface area contributed by atoms with Crippen molar-refractivity contribution in [3.8, 4) is 0 Å². The van der Waals surface area contributed by atoms with Gasteiger partial charge in [0.25, 0.3) is 5.91 Å². The Balaban J connectivity index is 2.05. The third-order valence-electron chi connectivity index (χ3n) is 5.10. The summed E-state index contributed by atoms with van der Waals surface area (Å²) in [5, 5.41) is 2.83. The number of hydrogen-bond donors (Lipinski definition) is 1. The summed E-state index contributed by atoms with van der Waals surface area (Å²) < 4.78 is 12.2. The van der Waals surface area contributed by atoms with E-state index in [1.165, 1.54) is 6.42 Å². The molecule has 1 fully saturated rings. The zero-order valence-corrected chi connectivity index (χ0v) is 17.3. The molecule has 1 amide bonds. The lowest BCUT2D eigenvalue weighted by Gasteiger charge is -2.39. The van der Waals surface area contributed by atoms with Crippen molar-refractivity contribution in [3.05, 3.63) is 18.1 Å². The van der Waals surface area contributed by atoms with Crippen molar-refractivity contribution >= 4 is 20.0 Å². The largest absolute Gasteiger partial charge is 0.403 e. The van der Waals surface area contributed by atoms with Gasteiger partial charge in [-0.1, -0.05) is 20.8 Å². The van der Waals surface area contributed by atoms with E-state index < -0.39 is 14.4 Å². The average molecular weight is 366 g/mol. The van der Waals surface area contributed by atoms with Crippen LogP contribution in [0.2, 0.25) is 18.1 Å². The summed E-state index contributed by atoms with van der Waals surface area (Å²) in [6.07, 6.45) is 6.15. The Bertz CT molecular complexity index is 580. The Kier molecular flexibility index (Phi) is 6.34. The molecule has 7 heteroatoms. The first-order valence-corrected chi connectivity index (χ1v) is 11.9. The molecule has 0 saturated heterocycles. The normalized spacial score (nSPS) is 17.0. The molecule has 1 unspecified atom stereocenters. The number of hydrogen-bond acceptors (Lipinski definition) is 5. The van der Waals surface area contributed by atoms with Crippen LogP contribution in [0, 0.1) is 6.92 Å². The number of carbonyl (C=O) groups excluding carboxylic acids is 1. The summed E-state index contributed by atoms with van der Waals surface area (Å²) in [5.41, 5.74) is 0.806. The SMILES string of the molecule is Cc1cnc(NC(=O)C(COC2CCC2)O[Si](C)(C)C(C)(C)C)cn1. The fraction of sp³-hybridized carbons (Fsp3) is 0.722. The summed E-state index contributed by atoms with van der Waals surface area (Å²) in [6, 6.07) is 0. The monoisotopic (exact) mass is 365 g/mol. The Morgan fingerprint density at radius 2 is 2.00 bits per heavy atom. The summed E-state index contributed by atoms with van der Waals surface area (Å²) in [6.45, 7) is 12.9. The first kappa shape index (κ1) is 20.0. The van der Waals surface area contributed by atoms with E-state index in [0.717, 1.165) is 18.5 Å². The van der Waals surface area contributed by atoms with Crippen LogP contribution in [-0.2, 0) is 14.0 Å². The third-order valence-corrected chi connectivity index (χ3v) is 9.59. The molecule has 1 aromatic rings. The molecule has 1 aliphatic rings. The van der Waals surface area contributed by atoms with Crippen molar-refractivity contribution in [1.29, 1.82) is 0 Å². The van der Waals surface area contributed by atoms with Crippen molar-refractivity contribution < 1.29 is 14.0 Å². The van der Waals surface area contributed by atoms with Crippen LogP contribution in [-0.4, -0.2) is 43.0 Å². The summed E-state index contributed by atoms with van der Waals surface area (Å²) in [7, 11) is -2.10. The molecule has 0 radical (unpaired) electrons. The molecular weight excluding hydrogens is 334 g/mol. The molecule has 140 valence electrons. The Morgan fingerprint density at radius 3 is 2.48 bits per heavy atom. The number of rotatable bonds is 7. The highest BCUT2D eigenvalue weighted by Crippen LogP contribution is 2.37. The fourth-order valence-corrected chi connectivity index (χ4v) is 3.36. The van der Waals surface area contributed by atoms with Crippen LogP contribution in [0.4, 0.5) is 5.82 Å². The van der Waals surface area contributed by atoms with Gasteiger partial charge >= 0.3 is 0 Å². The fourth-order valence-electron chi connectivity index (χ4n) is 2.12. The molecule has 0 aromatic carbocycles. The molecule has 0 spiro atoms. The lowest BCUT2D eigenvalue weighted by atomic mass is 9.96. The van der Waals surface area contributed by atoms with Crippen LogP contribution in [0.15, 0.2) is 12.4 Å². The van der Waals surface area contributed by atoms with Crippen LogP contribution in [0.25, 0.3) is 0 Å². The highest BCUT2D eigenvalue weighted by molar-refractivity contribution is 6.74. The molecule has 6 nitrogen and oxygen atoms in total. The maximum absolute atomic E-state index is 12.8. The van der Waals surface area contributed by atoms with E-state index in [4.69, 9.17) is 9.16 Å². The summed E-state index contributed by atoms with van der Waals surface area (Å²) in [4.78, 5) is 21.1. The maximum atomic E-state index is 12.8. The van der Waals surface area contributed by atoms with Crippen molar-refractivity contribution in [2.24, 2.45) is 0 Å². The number of nitrogens with zero attached hydrogens (tertiary/aromatic N) is 2. The quantitative estimate of drug-likeness (QED) is 0.746. The standard InChI is InChI=1S/C18H31N3O3Si/c1-13-10-20-16(11-19-13)21-17(22)15(12-23-14-8-7-9-14)24-25(5,6)18(2,3)4/h10-11,14-15H,7-9,12H2,1-6H3,(H,20,21,22). The molecule has 0 aliphatic heterocycles. The number of anilines is 1. The van der Waals surface area contributed by atoms with Gasteiger partial charge in [0.2, 0.25) is 0 Å². The highest BCUT2D eigenvalue weighted by Gasteiger charge is 2.41. The van der Waals surface area contributed by atoms with Crippen LogP contribution in [0.1, 0.15) is 45.7 Å². The van der Waals surface area contributed by atoms with Gasteiger partial charge in [-0.15, -0.1) is 0 Å². The molecule has 1 atom stereocenters. The maximum Gasteiger partial charge on any atom is 0.255 e. The van der Waals surface area contributed by atoms with E-state index in [9.17, 15) is 4.79 Å². The van der Waals surface area contributed by atoms with Gasteiger partial charge in [0.05, 0.1) is 30.8 Å². The van der Waals surface area contributed by atoms with Gasteiger partial charge < -0.3 is 14.5 Å².